The van der Waals surface area contributed by atoms with Crippen LogP contribution in [0.1, 0.15) is 0 Å². The highest BCUT2D eigenvalue weighted by Gasteiger charge is 2.09. The predicted molar refractivity (Wildman–Crippen MR) is 83.5 cm³/mol. The van der Waals surface area contributed by atoms with Gasteiger partial charge in [-0.1, -0.05) is 18.2 Å². The number of nitrogens with two attached hydrogens (primary N) is 1. The summed E-state index contributed by atoms with van der Waals surface area (Å²) in [5.74, 6) is -0.296. The molecule has 100 valence electrons. The fourth-order valence-electron chi connectivity index (χ4n) is 2.02. The minimum atomic E-state index is -0.296. The molecule has 3 nitrogen and oxygen atoms in total. The van der Waals surface area contributed by atoms with Crippen LogP contribution < -0.4 is 11.1 Å². The summed E-state index contributed by atoms with van der Waals surface area (Å²) < 4.78 is 13.8. The summed E-state index contributed by atoms with van der Waals surface area (Å²) in [6.45, 7) is 0. The van der Waals surface area contributed by atoms with Crippen molar-refractivity contribution in [3.63, 3.8) is 0 Å². The van der Waals surface area contributed by atoms with Crippen molar-refractivity contribution < 1.29 is 4.39 Å². The zero-order valence-electron chi connectivity index (χ0n) is 10.4. The fourth-order valence-corrected chi connectivity index (χ4v) is 2.47. The molecule has 5 heteroatoms. The highest BCUT2D eigenvalue weighted by atomic mass is 79.9. The molecule has 0 amide bonds. The van der Waals surface area contributed by atoms with Gasteiger partial charge in [0.25, 0.3) is 0 Å². The molecule has 3 N–H and O–H groups in total. The molecule has 0 aliphatic rings. The van der Waals surface area contributed by atoms with Crippen LogP contribution in [0.3, 0.4) is 0 Å². The first-order valence-corrected chi connectivity index (χ1v) is 6.80. The van der Waals surface area contributed by atoms with E-state index in [1.165, 1.54) is 12.1 Å². The maximum atomic E-state index is 13.1. The molecule has 0 saturated carbocycles. The quantitative estimate of drug-likeness (QED) is 0.728. The standard InChI is InChI=1S/C15H11BrFN3/c16-11-7-9(17)5-6-14(11)20-15-10-3-1-2-4-13(10)19-8-12(15)18/h1-8H,18H2,(H,19,20). The SMILES string of the molecule is Nc1cnc2ccccc2c1Nc1ccc(F)cc1Br. The van der Waals surface area contributed by atoms with Gasteiger partial charge in [0.1, 0.15) is 5.82 Å². The van der Waals surface area contributed by atoms with Crippen molar-refractivity contribution in [2.45, 2.75) is 0 Å². The van der Waals surface area contributed by atoms with E-state index in [0.717, 1.165) is 22.3 Å². The van der Waals surface area contributed by atoms with Crippen LogP contribution in [0.2, 0.25) is 0 Å². The van der Waals surface area contributed by atoms with Gasteiger partial charge in [-0.2, -0.15) is 0 Å². The average molecular weight is 332 g/mol. The summed E-state index contributed by atoms with van der Waals surface area (Å²) in [5, 5.41) is 4.15. The number of hydrogen-bond donors (Lipinski definition) is 2. The Bertz CT molecular complexity index is 789. The van der Waals surface area contributed by atoms with E-state index in [0.29, 0.717) is 10.2 Å². The van der Waals surface area contributed by atoms with Crippen molar-refractivity contribution in [3.05, 3.63) is 59.0 Å². The third-order valence-electron chi connectivity index (χ3n) is 3.00. The van der Waals surface area contributed by atoms with Crippen LogP contribution >= 0.6 is 15.9 Å². The largest absolute Gasteiger partial charge is 0.396 e. The molecule has 20 heavy (non-hydrogen) atoms. The first-order valence-electron chi connectivity index (χ1n) is 6.00. The molecule has 0 radical (unpaired) electrons. The first-order chi connectivity index (χ1) is 9.65. The van der Waals surface area contributed by atoms with E-state index in [4.69, 9.17) is 5.73 Å². The normalized spacial score (nSPS) is 10.7. The monoisotopic (exact) mass is 331 g/mol. The molecule has 3 rings (SSSR count). The maximum absolute atomic E-state index is 13.1. The molecular formula is C15H11BrFN3. The van der Waals surface area contributed by atoms with Crippen LogP contribution in [0.5, 0.6) is 0 Å². The molecule has 0 spiro atoms. The Labute approximate surface area is 123 Å². The zero-order chi connectivity index (χ0) is 14.1. The number of nitrogen functional groups attached to an aromatic ring is 1. The van der Waals surface area contributed by atoms with Crippen LogP contribution in [0.4, 0.5) is 21.5 Å². The number of fused-ring (bicyclic) bond motifs is 1. The topological polar surface area (TPSA) is 50.9 Å². The molecule has 1 heterocycles. The summed E-state index contributed by atoms with van der Waals surface area (Å²) in [4.78, 5) is 4.28. The molecule has 0 aliphatic carbocycles. The number of anilines is 3. The minimum Gasteiger partial charge on any atom is -0.396 e. The van der Waals surface area contributed by atoms with Gasteiger partial charge in [-0.05, 0) is 40.2 Å². The Morgan fingerprint density at radius 2 is 1.95 bits per heavy atom. The third kappa shape index (κ3) is 2.32. The molecule has 0 bridgehead atoms. The van der Waals surface area contributed by atoms with Crippen molar-refractivity contribution in [1.29, 1.82) is 0 Å². The molecule has 3 aromatic rings. The van der Waals surface area contributed by atoms with E-state index >= 15 is 0 Å². The molecule has 0 fully saturated rings. The summed E-state index contributed by atoms with van der Waals surface area (Å²) in [7, 11) is 0. The lowest BCUT2D eigenvalue weighted by Gasteiger charge is -2.13. The smallest absolute Gasteiger partial charge is 0.124 e. The molecular weight excluding hydrogens is 321 g/mol. The van der Waals surface area contributed by atoms with E-state index in [1.54, 1.807) is 12.3 Å². The van der Waals surface area contributed by atoms with E-state index < -0.39 is 0 Å². The number of para-hydroxylation sites is 1. The lowest BCUT2D eigenvalue weighted by molar-refractivity contribution is 0.627. The molecule has 0 unspecified atom stereocenters. The second kappa shape index (κ2) is 5.09. The van der Waals surface area contributed by atoms with Gasteiger partial charge in [0.05, 0.1) is 28.8 Å². The molecule has 1 aromatic heterocycles. The summed E-state index contributed by atoms with van der Waals surface area (Å²) >= 11 is 3.33. The van der Waals surface area contributed by atoms with Gasteiger partial charge >= 0.3 is 0 Å². The van der Waals surface area contributed by atoms with Crippen LogP contribution in [0, 0.1) is 5.82 Å². The lowest BCUT2D eigenvalue weighted by atomic mass is 10.1. The van der Waals surface area contributed by atoms with Crippen molar-refractivity contribution in [3.8, 4) is 0 Å². The number of benzene rings is 2. The number of hydrogen-bond acceptors (Lipinski definition) is 3. The second-order valence-corrected chi connectivity index (χ2v) is 5.21. The van der Waals surface area contributed by atoms with E-state index in [-0.39, 0.29) is 5.82 Å². The van der Waals surface area contributed by atoms with E-state index in [2.05, 4.69) is 26.2 Å². The van der Waals surface area contributed by atoms with Gasteiger partial charge in [-0.3, -0.25) is 4.98 Å². The fraction of sp³-hybridized carbons (Fsp3) is 0. The number of rotatable bonds is 2. The van der Waals surface area contributed by atoms with E-state index in [9.17, 15) is 4.39 Å². The lowest BCUT2D eigenvalue weighted by Crippen LogP contribution is -1.99. The number of pyridine rings is 1. The van der Waals surface area contributed by atoms with Crippen LogP contribution in [-0.2, 0) is 0 Å². The molecule has 0 atom stereocenters. The van der Waals surface area contributed by atoms with Gasteiger partial charge < -0.3 is 11.1 Å². The Balaban J connectivity index is 2.12. The average Bonchev–Trinajstić information content (AvgIpc) is 2.44. The van der Waals surface area contributed by atoms with Crippen molar-refractivity contribution in [2.75, 3.05) is 11.1 Å². The van der Waals surface area contributed by atoms with Gasteiger partial charge in [0, 0.05) is 9.86 Å². The van der Waals surface area contributed by atoms with Crippen molar-refractivity contribution in [2.24, 2.45) is 0 Å². The second-order valence-electron chi connectivity index (χ2n) is 4.35. The summed E-state index contributed by atoms with van der Waals surface area (Å²) in [6.07, 6.45) is 1.61. The predicted octanol–water partition coefficient (Wildman–Crippen LogP) is 4.46. The highest BCUT2D eigenvalue weighted by Crippen LogP contribution is 2.33. The maximum Gasteiger partial charge on any atom is 0.124 e. The summed E-state index contributed by atoms with van der Waals surface area (Å²) in [6, 6.07) is 12.2. The zero-order valence-corrected chi connectivity index (χ0v) is 12.0. The number of nitrogens with one attached hydrogen (secondary N) is 1. The minimum absolute atomic E-state index is 0.296. The van der Waals surface area contributed by atoms with Crippen molar-refractivity contribution in [1.82, 2.24) is 4.98 Å². The number of aromatic nitrogens is 1. The van der Waals surface area contributed by atoms with Crippen molar-refractivity contribution >= 4 is 43.9 Å². The van der Waals surface area contributed by atoms with Gasteiger partial charge in [0.15, 0.2) is 0 Å². The Morgan fingerprint density at radius 1 is 1.15 bits per heavy atom. The molecule has 2 aromatic carbocycles. The molecule has 0 saturated heterocycles. The Morgan fingerprint density at radius 3 is 2.75 bits per heavy atom. The highest BCUT2D eigenvalue weighted by molar-refractivity contribution is 9.10. The third-order valence-corrected chi connectivity index (χ3v) is 3.65. The number of halogens is 2. The van der Waals surface area contributed by atoms with Crippen LogP contribution in [0.15, 0.2) is 53.1 Å². The first kappa shape index (κ1) is 12.9. The van der Waals surface area contributed by atoms with Gasteiger partial charge in [-0.25, -0.2) is 4.39 Å². The van der Waals surface area contributed by atoms with E-state index in [1.807, 2.05) is 24.3 Å². The Kier molecular flexibility index (Phi) is 3.28. The summed E-state index contributed by atoms with van der Waals surface area (Å²) in [5.41, 5.74) is 8.90. The van der Waals surface area contributed by atoms with Crippen LogP contribution in [0.25, 0.3) is 10.9 Å². The van der Waals surface area contributed by atoms with Gasteiger partial charge in [-0.15, -0.1) is 0 Å². The molecule has 0 aliphatic heterocycles. The number of nitrogens with zero attached hydrogens (tertiary/aromatic N) is 1. The Hall–Kier alpha value is -2.14. The van der Waals surface area contributed by atoms with Crippen LogP contribution in [-0.4, -0.2) is 4.98 Å². The van der Waals surface area contributed by atoms with Gasteiger partial charge in [0.2, 0.25) is 0 Å².